The number of carbonyl (C=O) groups is 1. The summed E-state index contributed by atoms with van der Waals surface area (Å²) in [6.45, 7) is 7.31. The Hall–Kier alpha value is -0.650. The van der Waals surface area contributed by atoms with E-state index < -0.39 is 5.54 Å². The topological polar surface area (TPSA) is 56.8 Å². The van der Waals surface area contributed by atoms with Crippen molar-refractivity contribution in [3.05, 3.63) is 0 Å². The molecule has 0 aromatic rings. The van der Waals surface area contributed by atoms with E-state index in [0.29, 0.717) is 26.2 Å². The van der Waals surface area contributed by atoms with Crippen molar-refractivity contribution in [2.75, 3.05) is 34.0 Å². The van der Waals surface area contributed by atoms with Gasteiger partial charge in [0, 0.05) is 26.7 Å². The smallest absolute Gasteiger partial charge is 0.326 e. The van der Waals surface area contributed by atoms with E-state index in [9.17, 15) is 4.79 Å². The summed E-state index contributed by atoms with van der Waals surface area (Å²) in [5.41, 5.74) is -0.698. The van der Waals surface area contributed by atoms with E-state index in [0.717, 1.165) is 6.42 Å². The Kier molecular flexibility index (Phi) is 8.97. The lowest BCUT2D eigenvalue weighted by Crippen LogP contribution is -2.50. The van der Waals surface area contributed by atoms with Gasteiger partial charge in [-0.2, -0.15) is 0 Å². The van der Waals surface area contributed by atoms with Gasteiger partial charge in [-0.3, -0.25) is 4.79 Å². The summed E-state index contributed by atoms with van der Waals surface area (Å²) >= 11 is 0. The van der Waals surface area contributed by atoms with E-state index in [1.165, 1.54) is 0 Å². The van der Waals surface area contributed by atoms with Crippen molar-refractivity contribution in [3.8, 4) is 0 Å². The normalized spacial score (nSPS) is 16.1. The summed E-state index contributed by atoms with van der Waals surface area (Å²) < 4.78 is 15.7. The second-order valence-electron chi connectivity index (χ2n) is 4.53. The largest absolute Gasteiger partial charge is 0.465 e. The number of likely N-dealkylation sites (N-methyl/N-ethyl adjacent to an activating group) is 1. The van der Waals surface area contributed by atoms with E-state index in [1.807, 2.05) is 13.8 Å². The Morgan fingerprint density at radius 1 is 1.39 bits per heavy atom. The molecule has 2 unspecified atom stereocenters. The van der Waals surface area contributed by atoms with Gasteiger partial charge in [-0.1, -0.05) is 0 Å². The van der Waals surface area contributed by atoms with Crippen LogP contribution in [0.3, 0.4) is 0 Å². The number of ether oxygens (including phenoxy) is 3. The summed E-state index contributed by atoms with van der Waals surface area (Å²) in [6, 6.07) is 0. The molecular weight excluding hydrogens is 234 g/mol. The molecule has 0 saturated heterocycles. The second kappa shape index (κ2) is 9.30. The van der Waals surface area contributed by atoms with Crippen molar-refractivity contribution >= 4 is 5.97 Å². The molecule has 0 saturated carbocycles. The third-order valence-electron chi connectivity index (χ3n) is 2.87. The van der Waals surface area contributed by atoms with Gasteiger partial charge < -0.3 is 19.5 Å². The van der Waals surface area contributed by atoms with Crippen LogP contribution < -0.4 is 5.32 Å². The predicted octanol–water partition coefficient (Wildman–Crippen LogP) is 1.36. The quantitative estimate of drug-likeness (QED) is 0.475. The van der Waals surface area contributed by atoms with Crippen LogP contribution in [0.15, 0.2) is 0 Å². The lowest BCUT2D eigenvalue weighted by Gasteiger charge is -2.29. The molecule has 0 aliphatic rings. The highest BCUT2D eigenvalue weighted by molar-refractivity contribution is 5.80. The Morgan fingerprint density at radius 3 is 2.56 bits per heavy atom. The fourth-order valence-electron chi connectivity index (χ4n) is 1.70. The molecule has 0 fully saturated rings. The van der Waals surface area contributed by atoms with Gasteiger partial charge in [0.2, 0.25) is 0 Å². The summed E-state index contributed by atoms with van der Waals surface area (Å²) in [5, 5.41) is 3.02. The molecule has 0 rings (SSSR count). The maximum atomic E-state index is 11.8. The molecule has 5 heteroatoms. The molecule has 0 heterocycles. The maximum absolute atomic E-state index is 11.8. The minimum Gasteiger partial charge on any atom is -0.465 e. The van der Waals surface area contributed by atoms with Gasteiger partial charge in [0.1, 0.15) is 5.54 Å². The molecule has 0 amide bonds. The number of methoxy groups -OCH3 is 1. The molecule has 0 aliphatic heterocycles. The first kappa shape index (κ1) is 17.4. The molecule has 0 aromatic heterocycles. The number of hydrogen-bond donors (Lipinski definition) is 1. The fraction of sp³-hybridized carbons (Fsp3) is 0.923. The molecule has 0 spiro atoms. The maximum Gasteiger partial charge on any atom is 0.326 e. The Balaban J connectivity index is 4.13. The minimum absolute atomic E-state index is 0.0105. The van der Waals surface area contributed by atoms with Crippen molar-refractivity contribution in [1.82, 2.24) is 5.32 Å². The summed E-state index contributed by atoms with van der Waals surface area (Å²) in [5.74, 6) is -0.236. The van der Waals surface area contributed by atoms with Crippen molar-refractivity contribution in [2.24, 2.45) is 0 Å². The first-order chi connectivity index (χ1) is 8.50. The van der Waals surface area contributed by atoms with E-state index in [1.54, 1.807) is 21.1 Å². The zero-order valence-corrected chi connectivity index (χ0v) is 12.2. The zero-order chi connectivity index (χ0) is 14.0. The first-order valence-electron chi connectivity index (χ1n) is 6.46. The lowest BCUT2D eigenvalue weighted by atomic mass is 9.95. The van der Waals surface area contributed by atoms with Crippen molar-refractivity contribution < 1.29 is 19.0 Å². The van der Waals surface area contributed by atoms with Crippen LogP contribution in [0.2, 0.25) is 0 Å². The first-order valence-corrected chi connectivity index (χ1v) is 6.46. The highest BCUT2D eigenvalue weighted by Gasteiger charge is 2.34. The average molecular weight is 261 g/mol. The van der Waals surface area contributed by atoms with Crippen LogP contribution in [0.1, 0.15) is 33.6 Å². The molecule has 0 aliphatic carbocycles. The number of esters is 1. The number of carbonyl (C=O) groups excluding carboxylic acids is 1. The van der Waals surface area contributed by atoms with E-state index in [-0.39, 0.29) is 12.1 Å². The molecule has 108 valence electrons. The molecule has 2 atom stereocenters. The molecule has 5 nitrogen and oxygen atoms in total. The zero-order valence-electron chi connectivity index (χ0n) is 12.2. The van der Waals surface area contributed by atoms with Crippen LogP contribution >= 0.6 is 0 Å². The van der Waals surface area contributed by atoms with Crippen LogP contribution in [-0.4, -0.2) is 51.6 Å². The molecule has 0 aromatic carbocycles. The van der Waals surface area contributed by atoms with E-state index in [2.05, 4.69) is 5.32 Å². The number of nitrogens with one attached hydrogen (secondary N) is 1. The molecule has 18 heavy (non-hydrogen) atoms. The van der Waals surface area contributed by atoms with Gasteiger partial charge in [-0.05, 0) is 34.2 Å². The highest BCUT2D eigenvalue weighted by atomic mass is 16.5. The van der Waals surface area contributed by atoms with Gasteiger partial charge in [0.05, 0.1) is 12.7 Å². The third kappa shape index (κ3) is 6.33. The predicted molar refractivity (Wildman–Crippen MR) is 70.6 cm³/mol. The van der Waals surface area contributed by atoms with Gasteiger partial charge in [-0.25, -0.2) is 0 Å². The van der Waals surface area contributed by atoms with Gasteiger partial charge >= 0.3 is 5.97 Å². The van der Waals surface area contributed by atoms with Gasteiger partial charge in [0.15, 0.2) is 0 Å². The highest BCUT2D eigenvalue weighted by Crippen LogP contribution is 2.16. The van der Waals surface area contributed by atoms with Crippen molar-refractivity contribution in [3.63, 3.8) is 0 Å². The minimum atomic E-state index is -0.698. The average Bonchev–Trinajstić information content (AvgIpc) is 2.34. The molecule has 0 radical (unpaired) electrons. The Labute approximate surface area is 110 Å². The van der Waals surface area contributed by atoms with Crippen LogP contribution in [-0.2, 0) is 19.0 Å². The standard InChI is InChI=1S/C13H27NO4/c1-6-17-12(15)13(3,14-4)10-11(2)18-9-7-8-16-5/h11,14H,6-10H2,1-5H3. The molecule has 1 N–H and O–H groups in total. The van der Waals surface area contributed by atoms with Crippen molar-refractivity contribution in [1.29, 1.82) is 0 Å². The van der Waals surface area contributed by atoms with Crippen LogP contribution in [0.5, 0.6) is 0 Å². The fourth-order valence-corrected chi connectivity index (χ4v) is 1.70. The number of rotatable bonds is 10. The van der Waals surface area contributed by atoms with Crippen LogP contribution in [0, 0.1) is 0 Å². The Morgan fingerprint density at radius 2 is 2.06 bits per heavy atom. The summed E-state index contributed by atoms with van der Waals surface area (Å²) in [6.07, 6.45) is 1.43. The van der Waals surface area contributed by atoms with E-state index in [4.69, 9.17) is 14.2 Å². The van der Waals surface area contributed by atoms with Crippen LogP contribution in [0.25, 0.3) is 0 Å². The van der Waals surface area contributed by atoms with Crippen molar-refractivity contribution in [2.45, 2.75) is 45.3 Å². The van der Waals surface area contributed by atoms with Gasteiger partial charge in [-0.15, -0.1) is 0 Å². The monoisotopic (exact) mass is 261 g/mol. The number of hydrogen-bond acceptors (Lipinski definition) is 5. The summed E-state index contributed by atoms with van der Waals surface area (Å²) in [4.78, 5) is 11.8. The van der Waals surface area contributed by atoms with Gasteiger partial charge in [0.25, 0.3) is 0 Å². The molecular formula is C13H27NO4. The molecule has 0 bridgehead atoms. The van der Waals surface area contributed by atoms with Crippen LogP contribution in [0.4, 0.5) is 0 Å². The third-order valence-corrected chi connectivity index (χ3v) is 2.87. The lowest BCUT2D eigenvalue weighted by molar-refractivity contribution is -0.152. The Bertz CT molecular complexity index is 235. The summed E-state index contributed by atoms with van der Waals surface area (Å²) in [7, 11) is 3.43. The SMILES string of the molecule is CCOC(=O)C(C)(CC(C)OCCCOC)NC. The second-order valence-corrected chi connectivity index (χ2v) is 4.53. The van der Waals surface area contributed by atoms with E-state index >= 15 is 0 Å².